The fourth-order valence-corrected chi connectivity index (χ4v) is 5.20. The lowest BCUT2D eigenvalue weighted by molar-refractivity contribution is 0.0853. The van der Waals surface area contributed by atoms with Crippen LogP contribution in [0.15, 0.2) is 42.7 Å². The third-order valence-corrected chi connectivity index (χ3v) is 6.86. The Labute approximate surface area is 199 Å². The van der Waals surface area contributed by atoms with E-state index in [4.69, 9.17) is 16.2 Å². The molecule has 2 aromatic heterocycles. The maximum atomic E-state index is 13.3. The molecule has 34 heavy (non-hydrogen) atoms. The molecule has 0 bridgehead atoms. The van der Waals surface area contributed by atoms with Crippen molar-refractivity contribution in [3.05, 3.63) is 54.0 Å². The number of amides is 1. The summed E-state index contributed by atoms with van der Waals surface area (Å²) in [5, 5.41) is 3.91. The maximum absolute atomic E-state index is 13.3. The van der Waals surface area contributed by atoms with Gasteiger partial charge < -0.3 is 26.4 Å². The standard InChI is InChI=1S/C26H32N6O2/c1-16-10-20(27)15-32(14-16)24-4-7-29-13-23(24)31-26(33)25-21(28)11-19-3-2-18(12-22(19)30-25)17-5-8-34-9-6-17/h2-4,7,11-13,16-17,20H,5-6,8-10,14-15,27-28H2,1H3,(H,31,33)/t16-,20+/m1/s1. The summed E-state index contributed by atoms with van der Waals surface area (Å²) < 4.78 is 5.50. The van der Waals surface area contributed by atoms with Crippen LogP contribution in [-0.2, 0) is 4.74 Å². The predicted molar refractivity (Wildman–Crippen MR) is 135 cm³/mol. The van der Waals surface area contributed by atoms with Crippen LogP contribution in [0.1, 0.15) is 48.2 Å². The second-order valence-electron chi connectivity index (χ2n) is 9.62. The van der Waals surface area contributed by atoms with Gasteiger partial charge in [-0.05, 0) is 54.9 Å². The van der Waals surface area contributed by atoms with Gasteiger partial charge >= 0.3 is 0 Å². The Hall–Kier alpha value is -3.23. The highest BCUT2D eigenvalue weighted by Gasteiger charge is 2.25. The normalized spacial score (nSPS) is 21.5. The molecule has 5 rings (SSSR count). The van der Waals surface area contributed by atoms with Gasteiger partial charge in [0.05, 0.1) is 28.8 Å². The second kappa shape index (κ2) is 9.56. The number of nitrogens with one attached hydrogen (secondary N) is 1. The molecule has 3 aromatic rings. The molecule has 8 nitrogen and oxygen atoms in total. The van der Waals surface area contributed by atoms with Gasteiger partial charge in [-0.2, -0.15) is 0 Å². The number of aromatic nitrogens is 2. The van der Waals surface area contributed by atoms with Gasteiger partial charge in [0.15, 0.2) is 5.69 Å². The zero-order valence-electron chi connectivity index (χ0n) is 19.5. The minimum atomic E-state index is -0.348. The second-order valence-corrected chi connectivity index (χ2v) is 9.62. The van der Waals surface area contributed by atoms with Crippen LogP contribution in [0.25, 0.3) is 10.9 Å². The molecule has 2 saturated heterocycles. The lowest BCUT2D eigenvalue weighted by atomic mass is 9.91. The number of piperidine rings is 1. The van der Waals surface area contributed by atoms with Gasteiger partial charge in [0.1, 0.15) is 0 Å². The number of hydrogen-bond donors (Lipinski definition) is 3. The van der Waals surface area contributed by atoms with Crippen LogP contribution in [0.2, 0.25) is 0 Å². The molecule has 5 N–H and O–H groups in total. The maximum Gasteiger partial charge on any atom is 0.276 e. The summed E-state index contributed by atoms with van der Waals surface area (Å²) >= 11 is 0. The van der Waals surface area contributed by atoms with Crippen LogP contribution in [0.4, 0.5) is 17.1 Å². The van der Waals surface area contributed by atoms with Gasteiger partial charge in [-0.15, -0.1) is 0 Å². The van der Waals surface area contributed by atoms with E-state index in [2.05, 4.69) is 39.2 Å². The lowest BCUT2D eigenvalue weighted by Gasteiger charge is -2.37. The summed E-state index contributed by atoms with van der Waals surface area (Å²) in [6.45, 7) is 5.37. The van der Waals surface area contributed by atoms with Gasteiger partial charge in [-0.25, -0.2) is 4.98 Å². The highest BCUT2D eigenvalue weighted by Crippen LogP contribution is 2.31. The number of ether oxygens (including phenoxy) is 1. The third kappa shape index (κ3) is 4.69. The Bertz CT molecular complexity index is 1180. The van der Waals surface area contributed by atoms with Crippen LogP contribution in [0.3, 0.4) is 0 Å². The SMILES string of the molecule is C[C@@H]1C[C@H](N)CN(c2ccncc2NC(=O)c2nc3cc(C4CCOCC4)ccc3cc2N)C1. The number of fused-ring (bicyclic) bond motifs is 1. The van der Waals surface area contributed by atoms with Crippen molar-refractivity contribution in [1.82, 2.24) is 9.97 Å². The molecule has 2 aliphatic heterocycles. The van der Waals surface area contributed by atoms with E-state index in [1.807, 2.05) is 18.2 Å². The smallest absolute Gasteiger partial charge is 0.276 e. The average Bonchev–Trinajstić information content (AvgIpc) is 2.83. The number of carbonyl (C=O) groups excluding carboxylic acids is 1. The summed E-state index contributed by atoms with van der Waals surface area (Å²) in [7, 11) is 0. The molecular formula is C26H32N6O2. The highest BCUT2D eigenvalue weighted by molar-refractivity contribution is 6.09. The number of pyridine rings is 2. The van der Waals surface area contributed by atoms with Gasteiger partial charge in [0.25, 0.3) is 5.91 Å². The molecular weight excluding hydrogens is 428 g/mol. The first kappa shape index (κ1) is 22.6. The van der Waals surface area contributed by atoms with Crippen LogP contribution < -0.4 is 21.7 Å². The number of nitrogens with two attached hydrogens (primary N) is 2. The molecule has 1 aromatic carbocycles. The Morgan fingerprint density at radius 1 is 1.18 bits per heavy atom. The first-order valence-electron chi connectivity index (χ1n) is 12.0. The van der Waals surface area contributed by atoms with Gasteiger partial charge in [-0.3, -0.25) is 9.78 Å². The van der Waals surface area contributed by atoms with E-state index >= 15 is 0 Å². The topological polar surface area (TPSA) is 119 Å². The number of hydrogen-bond acceptors (Lipinski definition) is 7. The summed E-state index contributed by atoms with van der Waals surface area (Å²) in [5.41, 5.74) is 16.6. The molecule has 8 heteroatoms. The fourth-order valence-electron chi connectivity index (χ4n) is 5.20. The first-order valence-corrected chi connectivity index (χ1v) is 12.0. The van der Waals surface area contributed by atoms with E-state index < -0.39 is 0 Å². The number of anilines is 3. The van der Waals surface area contributed by atoms with Crippen molar-refractivity contribution in [2.75, 3.05) is 42.3 Å². The number of benzene rings is 1. The number of nitrogens with zero attached hydrogens (tertiary/aromatic N) is 3. The molecule has 2 atom stereocenters. The van der Waals surface area contributed by atoms with Crippen LogP contribution in [0, 0.1) is 5.92 Å². The quantitative estimate of drug-likeness (QED) is 0.545. The molecule has 178 valence electrons. The average molecular weight is 461 g/mol. The van der Waals surface area contributed by atoms with Crippen molar-refractivity contribution < 1.29 is 9.53 Å². The Balaban J connectivity index is 1.42. The Morgan fingerprint density at radius 3 is 2.79 bits per heavy atom. The molecule has 0 radical (unpaired) electrons. The minimum Gasteiger partial charge on any atom is -0.397 e. The van der Waals surface area contributed by atoms with Crippen molar-refractivity contribution in [3.8, 4) is 0 Å². The van der Waals surface area contributed by atoms with Gasteiger partial charge in [-0.1, -0.05) is 19.1 Å². The summed E-state index contributed by atoms with van der Waals surface area (Å²) in [4.78, 5) is 24.4. The number of carbonyl (C=O) groups is 1. The Kier molecular flexibility index (Phi) is 6.34. The van der Waals surface area contributed by atoms with Gasteiger partial charge in [0, 0.05) is 43.9 Å². The molecule has 0 unspecified atom stereocenters. The minimum absolute atomic E-state index is 0.100. The molecule has 4 heterocycles. The third-order valence-electron chi connectivity index (χ3n) is 6.86. The Morgan fingerprint density at radius 2 is 2.00 bits per heavy atom. The van der Waals surface area contributed by atoms with Crippen molar-refractivity contribution in [1.29, 1.82) is 0 Å². The summed E-state index contributed by atoms with van der Waals surface area (Å²) in [5.74, 6) is 0.578. The molecule has 2 fully saturated rings. The van der Waals surface area contributed by atoms with Crippen molar-refractivity contribution >= 4 is 33.9 Å². The molecule has 0 saturated carbocycles. The predicted octanol–water partition coefficient (Wildman–Crippen LogP) is 3.53. The van der Waals surface area contributed by atoms with E-state index in [1.54, 1.807) is 12.4 Å². The molecule has 2 aliphatic rings. The van der Waals surface area contributed by atoms with E-state index in [-0.39, 0.29) is 17.6 Å². The first-order chi connectivity index (χ1) is 16.5. The number of rotatable bonds is 4. The fraction of sp³-hybridized carbons (Fsp3) is 0.423. The van der Waals surface area contributed by atoms with E-state index in [1.165, 1.54) is 5.56 Å². The number of nitrogen functional groups attached to an aromatic ring is 1. The van der Waals surface area contributed by atoms with Crippen LogP contribution in [0.5, 0.6) is 0 Å². The summed E-state index contributed by atoms with van der Waals surface area (Å²) in [6.07, 6.45) is 6.39. The van der Waals surface area contributed by atoms with Crippen LogP contribution in [-0.4, -0.2) is 48.2 Å². The lowest BCUT2D eigenvalue weighted by Crippen LogP contribution is -2.46. The highest BCUT2D eigenvalue weighted by atomic mass is 16.5. The zero-order valence-corrected chi connectivity index (χ0v) is 19.5. The molecule has 0 aliphatic carbocycles. The van der Waals surface area contributed by atoms with Crippen molar-refractivity contribution in [2.24, 2.45) is 11.7 Å². The van der Waals surface area contributed by atoms with Crippen molar-refractivity contribution in [3.63, 3.8) is 0 Å². The molecule has 1 amide bonds. The zero-order chi connectivity index (χ0) is 23.7. The van der Waals surface area contributed by atoms with E-state index in [0.717, 1.165) is 62.2 Å². The van der Waals surface area contributed by atoms with E-state index in [0.29, 0.717) is 23.2 Å². The monoisotopic (exact) mass is 460 g/mol. The summed E-state index contributed by atoms with van der Waals surface area (Å²) in [6, 6.07) is 10.1. The van der Waals surface area contributed by atoms with Crippen LogP contribution >= 0.6 is 0 Å². The molecule has 0 spiro atoms. The largest absolute Gasteiger partial charge is 0.397 e. The van der Waals surface area contributed by atoms with Crippen molar-refractivity contribution in [2.45, 2.75) is 38.1 Å². The van der Waals surface area contributed by atoms with Gasteiger partial charge in [0.2, 0.25) is 0 Å². The van der Waals surface area contributed by atoms with E-state index in [9.17, 15) is 4.79 Å².